The van der Waals surface area contributed by atoms with Crippen LogP contribution in [-0.2, 0) is 19.1 Å². The number of nitrogens with zero attached hydrogens (tertiary/aromatic N) is 1. The number of hydrogen-bond acceptors (Lipinski definition) is 12. The number of ether oxygens (including phenoxy) is 2. The molecule has 0 aliphatic carbocycles. The number of carbonyl (C=O) groups is 2. The molecule has 0 aromatic rings. The van der Waals surface area contributed by atoms with Gasteiger partial charge in [-0.1, -0.05) is 12.8 Å². The third-order valence-corrected chi connectivity index (χ3v) is 6.11. The van der Waals surface area contributed by atoms with Crippen LogP contribution < -0.4 is 0 Å². The number of ketones is 1. The van der Waals surface area contributed by atoms with Crippen LogP contribution in [0.3, 0.4) is 0 Å². The van der Waals surface area contributed by atoms with Gasteiger partial charge < -0.3 is 55.2 Å². The zero-order valence-electron chi connectivity index (χ0n) is 16.6. The van der Waals surface area contributed by atoms with Gasteiger partial charge in [0.1, 0.15) is 36.6 Å². The van der Waals surface area contributed by atoms with Crippen molar-refractivity contribution in [3.63, 3.8) is 0 Å². The number of Topliss-reactive ketones (excluding diaryl/α,β-unsaturated/α-hetero) is 1. The lowest BCUT2D eigenvalue weighted by Gasteiger charge is -2.49. The van der Waals surface area contributed by atoms with Gasteiger partial charge in [-0.05, 0) is 12.8 Å². The van der Waals surface area contributed by atoms with Crippen LogP contribution in [0.5, 0.6) is 0 Å². The Bertz CT molecular complexity index is 670. The van der Waals surface area contributed by atoms with Crippen molar-refractivity contribution in [1.82, 2.24) is 4.90 Å². The molecule has 0 saturated carbocycles. The molecule has 8 N–H and O–H groups in total. The Morgan fingerprint density at radius 1 is 0.710 bits per heavy atom. The van der Waals surface area contributed by atoms with Crippen molar-refractivity contribution >= 4 is 11.7 Å². The molecular weight excluding hydrogens is 422 g/mol. The summed E-state index contributed by atoms with van der Waals surface area (Å²) >= 11 is 0. The van der Waals surface area contributed by atoms with Crippen LogP contribution in [0.25, 0.3) is 0 Å². The van der Waals surface area contributed by atoms with E-state index in [2.05, 4.69) is 0 Å². The molecule has 0 spiro atoms. The first-order chi connectivity index (χ1) is 14.5. The van der Waals surface area contributed by atoms with Gasteiger partial charge in [-0.2, -0.15) is 0 Å². The smallest absolute Gasteiger partial charge is 0.265 e. The Kier molecular flexibility index (Phi) is 7.32. The van der Waals surface area contributed by atoms with Crippen molar-refractivity contribution in [2.75, 3.05) is 13.1 Å². The largest absolute Gasteiger partial charge is 0.387 e. The molecule has 0 aromatic carbocycles. The molecule has 3 aliphatic heterocycles. The first-order valence-electron chi connectivity index (χ1n) is 10.2. The molecule has 0 bridgehead atoms. The van der Waals surface area contributed by atoms with Gasteiger partial charge >= 0.3 is 0 Å². The van der Waals surface area contributed by atoms with Crippen LogP contribution in [0, 0.1) is 0 Å². The van der Waals surface area contributed by atoms with E-state index < -0.39 is 72.6 Å². The van der Waals surface area contributed by atoms with Gasteiger partial charge in [0.15, 0.2) is 18.7 Å². The Morgan fingerprint density at radius 2 is 1.26 bits per heavy atom. The van der Waals surface area contributed by atoms with Gasteiger partial charge in [0, 0.05) is 13.1 Å². The van der Waals surface area contributed by atoms with Gasteiger partial charge in [0.25, 0.3) is 5.91 Å². The number of likely N-dealkylation sites (tertiary alicyclic amines) is 1. The van der Waals surface area contributed by atoms with E-state index in [1.807, 2.05) is 0 Å². The Morgan fingerprint density at radius 3 is 1.84 bits per heavy atom. The van der Waals surface area contributed by atoms with Crippen LogP contribution in [0.1, 0.15) is 25.7 Å². The molecular formula is C18H29NO12. The summed E-state index contributed by atoms with van der Waals surface area (Å²) in [7, 11) is 0. The van der Waals surface area contributed by atoms with Crippen molar-refractivity contribution in [1.29, 1.82) is 0 Å². The second-order valence-corrected chi connectivity index (χ2v) is 8.16. The van der Waals surface area contributed by atoms with Gasteiger partial charge in [-0.3, -0.25) is 9.59 Å². The number of rotatable bonds is 3. The highest BCUT2D eigenvalue weighted by atomic mass is 16.7. The summed E-state index contributed by atoms with van der Waals surface area (Å²) in [4.78, 5) is 28.1. The second-order valence-electron chi connectivity index (χ2n) is 8.16. The van der Waals surface area contributed by atoms with E-state index in [1.165, 1.54) is 4.90 Å². The van der Waals surface area contributed by atoms with Crippen molar-refractivity contribution in [3.8, 4) is 0 Å². The van der Waals surface area contributed by atoms with Gasteiger partial charge in [0.05, 0.1) is 0 Å². The van der Waals surface area contributed by atoms with Gasteiger partial charge in [-0.25, -0.2) is 0 Å². The summed E-state index contributed by atoms with van der Waals surface area (Å²) in [6.45, 7) is 0.355. The number of amides is 1. The molecule has 0 radical (unpaired) electrons. The monoisotopic (exact) mass is 451 g/mol. The number of carbonyl (C=O) groups excluding carboxylic acids is 2. The summed E-state index contributed by atoms with van der Waals surface area (Å²) < 4.78 is 10.0. The Balaban J connectivity index is 2.03. The maximum atomic E-state index is 13.5. The molecule has 3 saturated heterocycles. The predicted octanol–water partition coefficient (Wildman–Crippen LogP) is -5.07. The van der Waals surface area contributed by atoms with Crippen LogP contribution in [0.15, 0.2) is 0 Å². The van der Waals surface area contributed by atoms with E-state index >= 15 is 0 Å². The highest BCUT2D eigenvalue weighted by molar-refractivity contribution is 6.12. The number of aliphatic hydroxyl groups is 8. The molecule has 10 atom stereocenters. The van der Waals surface area contributed by atoms with E-state index in [-0.39, 0.29) is 13.1 Å². The van der Waals surface area contributed by atoms with Crippen LogP contribution in [-0.4, -0.2) is 131 Å². The van der Waals surface area contributed by atoms with Crippen molar-refractivity contribution in [3.05, 3.63) is 0 Å². The lowest BCUT2D eigenvalue weighted by molar-refractivity contribution is -0.314. The van der Waals surface area contributed by atoms with E-state index in [4.69, 9.17) is 9.47 Å². The standard InChI is InChI=1S/C18H29NO12/c20-7-8(21)12(30-15(27)10(7)23)14(26)18(13(25)9(22)11(24)16(28)31-18)17(29)19-5-3-1-2-4-6-19/h7-13,15-16,20-25,27-28H,1-6H2. The van der Waals surface area contributed by atoms with Gasteiger partial charge in [-0.15, -0.1) is 0 Å². The van der Waals surface area contributed by atoms with Gasteiger partial charge in [0.2, 0.25) is 11.4 Å². The normalized spacial score (nSPS) is 47.0. The zero-order chi connectivity index (χ0) is 23.1. The highest BCUT2D eigenvalue weighted by Gasteiger charge is 2.66. The molecule has 1 amide bonds. The maximum Gasteiger partial charge on any atom is 0.265 e. The minimum absolute atomic E-state index is 0.177. The summed E-state index contributed by atoms with van der Waals surface area (Å²) in [6, 6.07) is 0. The zero-order valence-corrected chi connectivity index (χ0v) is 16.6. The summed E-state index contributed by atoms with van der Waals surface area (Å²) in [5, 5.41) is 80.4. The third kappa shape index (κ3) is 4.11. The molecule has 10 unspecified atom stereocenters. The molecule has 13 nitrogen and oxygen atoms in total. The molecule has 31 heavy (non-hydrogen) atoms. The average Bonchev–Trinajstić information content (AvgIpc) is 3.04. The fraction of sp³-hybridized carbons (Fsp3) is 0.889. The predicted molar refractivity (Wildman–Crippen MR) is 96.8 cm³/mol. The highest BCUT2D eigenvalue weighted by Crippen LogP contribution is 2.36. The topological polar surface area (TPSA) is 218 Å². The summed E-state index contributed by atoms with van der Waals surface area (Å²) in [5.74, 6) is -2.64. The Hall–Kier alpha value is -1.26. The van der Waals surface area contributed by atoms with Crippen molar-refractivity contribution in [2.24, 2.45) is 0 Å². The maximum absolute atomic E-state index is 13.5. The minimum atomic E-state index is -3.02. The van der Waals surface area contributed by atoms with E-state index in [0.717, 1.165) is 12.8 Å². The molecule has 3 fully saturated rings. The van der Waals surface area contributed by atoms with E-state index in [0.29, 0.717) is 12.8 Å². The molecule has 3 aliphatic rings. The number of hydrogen-bond donors (Lipinski definition) is 8. The lowest BCUT2D eigenvalue weighted by atomic mass is 9.78. The SMILES string of the molecule is O=C(C1OC(O)C(O)C(O)C1O)C1(C(=O)N2CCCCCC2)OC(O)C(O)C(O)C1O. The molecule has 0 aromatic heterocycles. The lowest BCUT2D eigenvalue weighted by Crippen LogP contribution is -2.76. The molecule has 13 heteroatoms. The third-order valence-electron chi connectivity index (χ3n) is 6.11. The van der Waals surface area contributed by atoms with Crippen LogP contribution in [0.2, 0.25) is 0 Å². The molecule has 3 rings (SSSR count). The number of aliphatic hydroxyl groups excluding tert-OH is 8. The Labute approximate surface area is 177 Å². The minimum Gasteiger partial charge on any atom is -0.387 e. The first-order valence-corrected chi connectivity index (χ1v) is 10.2. The van der Waals surface area contributed by atoms with Crippen molar-refractivity contribution in [2.45, 2.75) is 86.6 Å². The van der Waals surface area contributed by atoms with E-state index in [1.54, 1.807) is 0 Å². The fourth-order valence-corrected chi connectivity index (χ4v) is 4.21. The second kappa shape index (κ2) is 9.31. The summed E-state index contributed by atoms with van der Waals surface area (Å²) in [5.41, 5.74) is -3.02. The molecule has 3 heterocycles. The molecule has 178 valence electrons. The van der Waals surface area contributed by atoms with Crippen molar-refractivity contribution < 1.29 is 59.9 Å². The quantitative estimate of drug-likeness (QED) is 0.189. The van der Waals surface area contributed by atoms with Crippen LogP contribution >= 0.6 is 0 Å². The van der Waals surface area contributed by atoms with Crippen LogP contribution in [0.4, 0.5) is 0 Å². The average molecular weight is 451 g/mol. The fourth-order valence-electron chi connectivity index (χ4n) is 4.21. The van der Waals surface area contributed by atoms with E-state index in [9.17, 15) is 50.4 Å². The summed E-state index contributed by atoms with van der Waals surface area (Å²) in [6.07, 6.45) is -16.6. The first kappa shape index (κ1) is 24.4.